The van der Waals surface area contributed by atoms with Gasteiger partial charge in [-0.15, -0.1) is 0 Å². The molecule has 0 radical (unpaired) electrons. The Kier molecular flexibility index (Phi) is 65.0. The predicted molar refractivity (Wildman–Crippen MR) is 342 cm³/mol. The summed E-state index contributed by atoms with van der Waals surface area (Å²) in [6, 6.07) is -0.626. The molecule has 0 aliphatic rings. The van der Waals surface area contributed by atoms with Gasteiger partial charge in [-0.05, 0) is 89.9 Å². The molecule has 1 amide bonds. The molecule has 0 rings (SSSR count). The van der Waals surface area contributed by atoms with Gasteiger partial charge in [0.1, 0.15) is 0 Å². The predicted octanol–water partition coefficient (Wildman–Crippen LogP) is 22.3. The lowest BCUT2D eigenvalue weighted by Crippen LogP contribution is -2.45. The molecule has 0 aliphatic carbocycles. The molecule has 0 bridgehead atoms. The number of unbranched alkanes of at least 4 members (excludes halogenated alkanes) is 45. The van der Waals surface area contributed by atoms with Gasteiger partial charge in [0.15, 0.2) is 0 Å². The van der Waals surface area contributed by atoms with Crippen molar-refractivity contribution in [3.63, 3.8) is 0 Å². The molecule has 0 heterocycles. The highest BCUT2D eigenvalue weighted by Crippen LogP contribution is 2.17. The molecular formula is C72H133NO5. The molecule has 456 valence electrons. The summed E-state index contributed by atoms with van der Waals surface area (Å²) in [6.45, 7) is 4.86. The van der Waals surface area contributed by atoms with Gasteiger partial charge in [0, 0.05) is 12.8 Å². The molecule has 0 aliphatic heterocycles. The highest BCUT2D eigenvalue weighted by molar-refractivity contribution is 5.76. The molecule has 0 saturated heterocycles. The number of hydrogen-bond acceptors (Lipinski definition) is 5. The van der Waals surface area contributed by atoms with Crippen LogP contribution in [-0.4, -0.2) is 47.4 Å². The standard InChI is InChI=1S/C72H133NO5/c1-3-5-7-9-11-13-15-17-42-46-50-54-58-62-66-72(77)78-67-63-59-55-51-47-43-40-38-36-34-32-30-28-26-24-22-20-18-19-21-23-25-27-29-31-33-35-37-39-41-45-49-53-57-61-65-71(76)73-69(68-74)70(75)64-60-56-52-48-44-16-14-12-10-8-6-4-2/h9,11,15,17,20,22,26,28,60,64,69-70,74-75H,3-8,10,12-14,16,18-19,21,23-25,27,29-59,61-63,65-68H2,1-2H3,(H,73,76)/b11-9-,17-15-,22-20-,28-26-,64-60+. The first-order valence-electron chi connectivity index (χ1n) is 34.6. The third-order valence-electron chi connectivity index (χ3n) is 15.8. The second kappa shape index (κ2) is 67.1. The minimum Gasteiger partial charge on any atom is -0.466 e. The van der Waals surface area contributed by atoms with E-state index in [1.165, 1.54) is 276 Å². The number of carbonyl (C=O) groups is 2. The number of allylic oxidation sites excluding steroid dienone is 9. The molecule has 0 spiro atoms. The third-order valence-corrected chi connectivity index (χ3v) is 15.8. The highest BCUT2D eigenvalue weighted by Gasteiger charge is 2.18. The lowest BCUT2D eigenvalue weighted by molar-refractivity contribution is -0.143. The van der Waals surface area contributed by atoms with Gasteiger partial charge < -0.3 is 20.3 Å². The van der Waals surface area contributed by atoms with E-state index in [9.17, 15) is 19.8 Å². The molecule has 6 heteroatoms. The number of amides is 1. The maximum Gasteiger partial charge on any atom is 0.305 e. The van der Waals surface area contributed by atoms with Crippen LogP contribution >= 0.6 is 0 Å². The third kappa shape index (κ3) is 62.8. The Morgan fingerprint density at radius 3 is 1.01 bits per heavy atom. The van der Waals surface area contributed by atoms with E-state index >= 15 is 0 Å². The van der Waals surface area contributed by atoms with Crippen LogP contribution in [-0.2, 0) is 14.3 Å². The first kappa shape index (κ1) is 75.6. The monoisotopic (exact) mass is 1090 g/mol. The fourth-order valence-electron chi connectivity index (χ4n) is 10.4. The number of aliphatic hydroxyl groups excluding tert-OH is 2. The number of aliphatic hydroxyl groups is 2. The molecule has 2 unspecified atom stereocenters. The Bertz CT molecular complexity index is 1350. The van der Waals surface area contributed by atoms with Crippen molar-refractivity contribution in [3.05, 3.63) is 60.8 Å². The maximum atomic E-state index is 12.5. The minimum atomic E-state index is -0.842. The number of esters is 1. The summed E-state index contributed by atoms with van der Waals surface area (Å²) >= 11 is 0. The summed E-state index contributed by atoms with van der Waals surface area (Å²) in [5.41, 5.74) is 0. The second-order valence-corrected chi connectivity index (χ2v) is 23.5. The number of carbonyl (C=O) groups excluding carboxylic acids is 2. The van der Waals surface area contributed by atoms with Crippen LogP contribution in [0.15, 0.2) is 60.8 Å². The quantitative estimate of drug-likeness (QED) is 0.0320. The summed E-state index contributed by atoms with van der Waals surface area (Å²) in [5.74, 6) is -0.0643. The summed E-state index contributed by atoms with van der Waals surface area (Å²) in [7, 11) is 0. The summed E-state index contributed by atoms with van der Waals surface area (Å²) in [6.07, 6.45) is 88.8. The minimum absolute atomic E-state index is 0.00151. The van der Waals surface area contributed by atoms with E-state index in [1.807, 2.05) is 6.08 Å². The maximum absolute atomic E-state index is 12.5. The number of ether oxygens (including phenoxy) is 1. The van der Waals surface area contributed by atoms with E-state index < -0.39 is 12.1 Å². The molecule has 2 atom stereocenters. The molecular weight excluding hydrogens is 959 g/mol. The molecule has 0 aromatic carbocycles. The van der Waals surface area contributed by atoms with E-state index in [2.05, 4.69) is 67.8 Å². The molecule has 0 fully saturated rings. The Morgan fingerprint density at radius 2 is 0.654 bits per heavy atom. The van der Waals surface area contributed by atoms with Crippen molar-refractivity contribution in [2.75, 3.05) is 13.2 Å². The van der Waals surface area contributed by atoms with Crippen LogP contribution < -0.4 is 5.32 Å². The lowest BCUT2D eigenvalue weighted by Gasteiger charge is -2.20. The number of hydrogen-bond donors (Lipinski definition) is 3. The van der Waals surface area contributed by atoms with Gasteiger partial charge in [-0.1, -0.05) is 319 Å². The number of nitrogens with one attached hydrogen (secondary N) is 1. The smallest absolute Gasteiger partial charge is 0.305 e. The Morgan fingerprint density at radius 1 is 0.359 bits per heavy atom. The van der Waals surface area contributed by atoms with Gasteiger partial charge in [0.05, 0.1) is 25.4 Å². The fraction of sp³-hybridized carbons (Fsp3) is 0.833. The second-order valence-electron chi connectivity index (χ2n) is 23.5. The lowest BCUT2D eigenvalue weighted by atomic mass is 10.0. The molecule has 0 aromatic rings. The van der Waals surface area contributed by atoms with Crippen LogP contribution in [0.2, 0.25) is 0 Å². The largest absolute Gasteiger partial charge is 0.466 e. The van der Waals surface area contributed by atoms with E-state index in [4.69, 9.17) is 4.74 Å². The van der Waals surface area contributed by atoms with Gasteiger partial charge in [-0.3, -0.25) is 9.59 Å². The Balaban J connectivity index is 3.38. The van der Waals surface area contributed by atoms with Crippen molar-refractivity contribution in [2.45, 2.75) is 373 Å². The molecule has 78 heavy (non-hydrogen) atoms. The SMILES string of the molecule is CCCC/C=C\C/C=C\CCCCCCCC(=O)OCCCCCCCCCCCCC/C=C\C/C=C\CCCCCCCCCCCCCCCCCCCC(=O)NC(CO)C(O)/C=C/CCCCCCCCCCCC. The zero-order valence-electron chi connectivity index (χ0n) is 52.1. The zero-order valence-corrected chi connectivity index (χ0v) is 52.1. The fourth-order valence-corrected chi connectivity index (χ4v) is 10.4. The first-order valence-corrected chi connectivity index (χ1v) is 34.6. The van der Waals surface area contributed by atoms with Crippen LogP contribution in [0.5, 0.6) is 0 Å². The average Bonchev–Trinajstić information content (AvgIpc) is 3.44. The average molecular weight is 1090 g/mol. The summed E-state index contributed by atoms with van der Waals surface area (Å²) in [5, 5.41) is 23.1. The number of rotatable bonds is 64. The Hall–Kier alpha value is -2.44. The van der Waals surface area contributed by atoms with E-state index in [-0.39, 0.29) is 18.5 Å². The van der Waals surface area contributed by atoms with Gasteiger partial charge >= 0.3 is 5.97 Å². The normalized spacial score (nSPS) is 12.9. The molecule has 0 aromatic heterocycles. The molecule has 0 saturated carbocycles. The van der Waals surface area contributed by atoms with Crippen molar-refractivity contribution in [1.29, 1.82) is 0 Å². The van der Waals surface area contributed by atoms with E-state index in [0.29, 0.717) is 19.4 Å². The van der Waals surface area contributed by atoms with E-state index in [1.54, 1.807) is 6.08 Å². The van der Waals surface area contributed by atoms with Crippen molar-refractivity contribution in [2.24, 2.45) is 0 Å². The summed E-state index contributed by atoms with van der Waals surface area (Å²) < 4.78 is 5.48. The van der Waals surface area contributed by atoms with Crippen molar-refractivity contribution >= 4 is 11.9 Å². The Labute approximate surface area is 486 Å². The van der Waals surface area contributed by atoms with E-state index in [0.717, 1.165) is 57.8 Å². The van der Waals surface area contributed by atoms with Gasteiger partial charge in [-0.25, -0.2) is 0 Å². The molecule has 3 N–H and O–H groups in total. The highest BCUT2D eigenvalue weighted by atomic mass is 16.5. The van der Waals surface area contributed by atoms with Crippen molar-refractivity contribution < 1.29 is 24.5 Å². The summed E-state index contributed by atoms with van der Waals surface area (Å²) in [4.78, 5) is 24.5. The van der Waals surface area contributed by atoms with Crippen LogP contribution in [0.25, 0.3) is 0 Å². The topological polar surface area (TPSA) is 95.9 Å². The van der Waals surface area contributed by atoms with Crippen molar-refractivity contribution in [3.8, 4) is 0 Å². The van der Waals surface area contributed by atoms with Gasteiger partial charge in [0.2, 0.25) is 5.91 Å². The van der Waals surface area contributed by atoms with Crippen LogP contribution in [0.4, 0.5) is 0 Å². The molecule has 6 nitrogen and oxygen atoms in total. The van der Waals surface area contributed by atoms with Gasteiger partial charge in [-0.2, -0.15) is 0 Å². The van der Waals surface area contributed by atoms with Gasteiger partial charge in [0.25, 0.3) is 0 Å². The zero-order chi connectivity index (χ0) is 56.4. The van der Waals surface area contributed by atoms with Crippen LogP contribution in [0.1, 0.15) is 361 Å². The first-order chi connectivity index (χ1) is 38.5. The van der Waals surface area contributed by atoms with Crippen LogP contribution in [0, 0.1) is 0 Å². The van der Waals surface area contributed by atoms with Crippen LogP contribution in [0.3, 0.4) is 0 Å². The van der Waals surface area contributed by atoms with Crippen molar-refractivity contribution in [1.82, 2.24) is 5.32 Å².